The third-order valence-electron chi connectivity index (χ3n) is 8.80. The highest BCUT2D eigenvalue weighted by Gasteiger charge is 2.26. The monoisotopic (exact) mass is 593 g/mol. The van der Waals surface area contributed by atoms with E-state index in [9.17, 15) is 0 Å². The van der Waals surface area contributed by atoms with Crippen LogP contribution in [-0.4, -0.2) is 14.5 Å². The largest absolute Gasteiger partial charge is 0.455 e. The van der Waals surface area contributed by atoms with Gasteiger partial charge in [-0.2, -0.15) is 0 Å². The van der Waals surface area contributed by atoms with Crippen LogP contribution in [0.2, 0.25) is 0 Å². The summed E-state index contributed by atoms with van der Waals surface area (Å²) in [5.41, 5.74) is 6.90. The fraction of sp³-hybridized carbons (Fsp3) is 0. The van der Waals surface area contributed by atoms with Gasteiger partial charge in [0.2, 0.25) is 0 Å². The van der Waals surface area contributed by atoms with Gasteiger partial charge >= 0.3 is 0 Å². The van der Waals surface area contributed by atoms with Crippen molar-refractivity contribution in [1.82, 2.24) is 14.5 Å². The van der Waals surface area contributed by atoms with E-state index >= 15 is 0 Å². The fourth-order valence-electron chi connectivity index (χ4n) is 6.87. The Balaban J connectivity index is 1.45. The van der Waals surface area contributed by atoms with E-state index in [1.165, 1.54) is 30.9 Å². The third kappa shape index (κ3) is 3.53. The quantitative estimate of drug-likeness (QED) is 0.205. The van der Waals surface area contributed by atoms with Gasteiger partial charge in [0.05, 0.1) is 22.1 Å². The van der Waals surface area contributed by atoms with Gasteiger partial charge in [0, 0.05) is 53.5 Å². The lowest BCUT2D eigenvalue weighted by Gasteiger charge is -2.12. The smallest absolute Gasteiger partial charge is 0.162 e. The molecule has 0 amide bonds. The van der Waals surface area contributed by atoms with Gasteiger partial charge < -0.3 is 4.42 Å². The minimum Gasteiger partial charge on any atom is -0.455 e. The summed E-state index contributed by atoms with van der Waals surface area (Å²) in [4.78, 5) is 10.4. The van der Waals surface area contributed by atoms with Gasteiger partial charge in [0.1, 0.15) is 17.0 Å². The van der Waals surface area contributed by atoms with Crippen LogP contribution in [-0.2, 0) is 0 Å². The van der Waals surface area contributed by atoms with Crippen molar-refractivity contribution in [3.8, 4) is 28.5 Å². The van der Waals surface area contributed by atoms with Gasteiger partial charge in [-0.25, -0.2) is 9.97 Å². The number of fused-ring (bicyclic) bond motifs is 12. The summed E-state index contributed by atoms with van der Waals surface area (Å²) in [6.45, 7) is 0. The molecule has 0 aliphatic rings. The van der Waals surface area contributed by atoms with Gasteiger partial charge in [0.15, 0.2) is 5.82 Å². The summed E-state index contributed by atoms with van der Waals surface area (Å²) in [5, 5.41) is 7.02. The summed E-state index contributed by atoms with van der Waals surface area (Å²) < 4.78 is 11.6. The molecule has 4 heterocycles. The van der Waals surface area contributed by atoms with Crippen molar-refractivity contribution in [2.45, 2.75) is 0 Å². The number of para-hydroxylation sites is 2. The van der Waals surface area contributed by atoms with E-state index in [-0.39, 0.29) is 0 Å². The van der Waals surface area contributed by atoms with Crippen LogP contribution in [0.3, 0.4) is 0 Å². The van der Waals surface area contributed by atoms with E-state index < -0.39 is 0 Å². The van der Waals surface area contributed by atoms with E-state index in [0.29, 0.717) is 5.82 Å². The molecule has 0 fully saturated rings. The summed E-state index contributed by atoms with van der Waals surface area (Å²) in [5.74, 6) is 1.51. The van der Waals surface area contributed by atoms with Crippen LogP contribution >= 0.6 is 11.3 Å². The minimum atomic E-state index is 0.689. The van der Waals surface area contributed by atoms with E-state index in [0.717, 1.165) is 55.6 Å². The van der Waals surface area contributed by atoms with Crippen molar-refractivity contribution in [2.75, 3.05) is 0 Å². The van der Waals surface area contributed by atoms with Gasteiger partial charge in [-0.3, -0.25) is 4.57 Å². The Labute approximate surface area is 261 Å². The van der Waals surface area contributed by atoms with Crippen molar-refractivity contribution in [3.63, 3.8) is 0 Å². The lowest BCUT2D eigenvalue weighted by Crippen LogP contribution is -2.02. The topological polar surface area (TPSA) is 43.9 Å². The first kappa shape index (κ1) is 24.6. The maximum absolute atomic E-state index is 6.77. The normalized spacial score (nSPS) is 12.0. The van der Waals surface area contributed by atoms with Crippen LogP contribution in [0.4, 0.5) is 0 Å². The third-order valence-corrected chi connectivity index (χ3v) is 9.99. The molecule has 0 aliphatic carbocycles. The van der Waals surface area contributed by atoms with Gasteiger partial charge in [-0.15, -0.1) is 11.3 Å². The zero-order chi connectivity index (χ0) is 29.5. The first-order valence-corrected chi connectivity index (χ1v) is 15.8. The number of nitrogens with zero attached hydrogens (tertiary/aromatic N) is 3. The van der Waals surface area contributed by atoms with Crippen LogP contribution in [0.5, 0.6) is 0 Å². The molecule has 10 aromatic rings. The Morgan fingerprint density at radius 2 is 1.22 bits per heavy atom. The van der Waals surface area contributed by atoms with Crippen LogP contribution in [0, 0.1) is 0 Å². The first-order chi connectivity index (χ1) is 22.3. The van der Waals surface area contributed by atoms with Crippen molar-refractivity contribution >= 4 is 75.3 Å². The highest BCUT2D eigenvalue weighted by Crippen LogP contribution is 2.50. The predicted molar refractivity (Wildman–Crippen MR) is 187 cm³/mol. The second-order valence-corrected chi connectivity index (χ2v) is 12.4. The molecule has 0 N–H and O–H groups in total. The van der Waals surface area contributed by atoms with Gasteiger partial charge in [0.25, 0.3) is 0 Å². The molecule has 5 heteroatoms. The molecular weight excluding hydrogens is 571 g/mol. The number of thiophene rings is 1. The molecule has 4 nitrogen and oxygen atoms in total. The number of rotatable bonds is 3. The van der Waals surface area contributed by atoms with E-state index in [1.807, 2.05) is 41.7 Å². The van der Waals surface area contributed by atoms with Crippen LogP contribution in [0.15, 0.2) is 144 Å². The lowest BCUT2D eigenvalue weighted by molar-refractivity contribution is 0.673. The minimum absolute atomic E-state index is 0.689. The molecule has 6 aromatic carbocycles. The van der Waals surface area contributed by atoms with Crippen LogP contribution in [0.25, 0.3) is 92.4 Å². The Kier molecular flexibility index (Phi) is 5.12. The molecule has 10 rings (SSSR count). The van der Waals surface area contributed by atoms with Crippen molar-refractivity contribution in [1.29, 1.82) is 0 Å². The zero-order valence-electron chi connectivity index (χ0n) is 23.9. The fourth-order valence-corrected chi connectivity index (χ4v) is 8.13. The number of benzene rings is 6. The second-order valence-electron chi connectivity index (χ2n) is 11.3. The highest BCUT2D eigenvalue weighted by molar-refractivity contribution is 7.27. The van der Waals surface area contributed by atoms with Gasteiger partial charge in [-0.05, 0) is 18.2 Å². The molecule has 0 radical (unpaired) electrons. The number of hydrogen-bond donors (Lipinski definition) is 0. The molecule has 0 spiro atoms. The van der Waals surface area contributed by atoms with Crippen molar-refractivity contribution in [2.24, 2.45) is 0 Å². The average Bonchev–Trinajstić information content (AvgIpc) is 3.78. The van der Waals surface area contributed by atoms with E-state index in [1.54, 1.807) is 0 Å². The Hall–Kier alpha value is -5.78. The van der Waals surface area contributed by atoms with E-state index in [4.69, 9.17) is 14.4 Å². The molecule has 45 heavy (non-hydrogen) atoms. The maximum atomic E-state index is 6.77. The standard InChI is InChI=1S/C40H23N3OS/c1-3-13-24(14-4-1)29-23-33(42-40(41-29)25-15-5-2-6-16-25)43-30-20-10-7-17-26(30)35-37(43)34-27-18-8-11-21-31(27)44-38(34)36-28-19-9-12-22-32(28)45-39(35)36/h1-23H. The lowest BCUT2D eigenvalue weighted by atomic mass is 10.0. The van der Waals surface area contributed by atoms with Crippen molar-refractivity contribution in [3.05, 3.63) is 140 Å². The first-order valence-electron chi connectivity index (χ1n) is 15.0. The van der Waals surface area contributed by atoms with E-state index in [2.05, 4.69) is 114 Å². The number of hydrogen-bond acceptors (Lipinski definition) is 4. The summed E-state index contributed by atoms with van der Waals surface area (Å²) in [6, 6.07) is 48.5. The van der Waals surface area contributed by atoms with Crippen LogP contribution < -0.4 is 0 Å². The predicted octanol–water partition coefficient (Wildman–Crippen LogP) is 11.2. The second kappa shape index (κ2) is 9.36. The highest BCUT2D eigenvalue weighted by atomic mass is 32.1. The molecule has 4 aromatic heterocycles. The van der Waals surface area contributed by atoms with Crippen molar-refractivity contribution < 1.29 is 4.42 Å². The molecule has 0 atom stereocenters. The zero-order valence-corrected chi connectivity index (χ0v) is 24.8. The summed E-state index contributed by atoms with van der Waals surface area (Å²) in [7, 11) is 0. The molecule has 0 saturated carbocycles. The molecule has 0 aliphatic heterocycles. The average molecular weight is 594 g/mol. The number of aromatic nitrogens is 3. The Morgan fingerprint density at radius 3 is 2.04 bits per heavy atom. The summed E-state index contributed by atoms with van der Waals surface area (Å²) in [6.07, 6.45) is 0. The molecule has 0 saturated heterocycles. The van der Waals surface area contributed by atoms with Crippen LogP contribution in [0.1, 0.15) is 0 Å². The maximum Gasteiger partial charge on any atom is 0.162 e. The molecular formula is C40H23N3OS. The molecule has 210 valence electrons. The molecule has 0 unspecified atom stereocenters. The summed E-state index contributed by atoms with van der Waals surface area (Å²) >= 11 is 1.83. The van der Waals surface area contributed by atoms with Gasteiger partial charge in [-0.1, -0.05) is 115 Å². The SMILES string of the molecule is c1ccc(-c2cc(-n3c4ccccc4c4c5sc6ccccc6c5c5oc6ccccc6c5c43)nc(-c3ccccc3)n2)cc1. The Morgan fingerprint density at radius 1 is 0.556 bits per heavy atom. The number of furan rings is 1. The molecule has 0 bridgehead atoms. The Bertz CT molecular complexity index is 2670.